The molecule has 194 valence electrons. The zero-order valence-corrected chi connectivity index (χ0v) is 19.5. The highest BCUT2D eigenvalue weighted by Gasteiger charge is 2.38. The maximum atomic E-state index is 13.0. The van der Waals surface area contributed by atoms with Crippen LogP contribution in [0.3, 0.4) is 0 Å². The first-order chi connectivity index (χ1) is 17.5. The molecule has 3 aromatic rings. The van der Waals surface area contributed by atoms with E-state index in [1.54, 1.807) is 12.3 Å². The first-order valence-corrected chi connectivity index (χ1v) is 11.1. The Labute approximate surface area is 209 Å². The predicted octanol–water partition coefficient (Wildman–Crippen LogP) is 5.32. The lowest BCUT2D eigenvalue weighted by atomic mass is 10.1. The number of nitro benzene ring substituents is 2. The van der Waals surface area contributed by atoms with E-state index in [-0.39, 0.29) is 30.9 Å². The number of nitrogens with one attached hydrogen (secondary N) is 1. The Hall–Kier alpha value is -4.60. The van der Waals surface area contributed by atoms with Crippen molar-refractivity contribution in [2.24, 2.45) is 5.10 Å². The van der Waals surface area contributed by atoms with Crippen LogP contribution in [0, 0.1) is 20.2 Å². The minimum absolute atomic E-state index is 0.0203. The lowest BCUT2D eigenvalue weighted by Gasteiger charge is -2.11. The number of benzene rings is 2. The van der Waals surface area contributed by atoms with Gasteiger partial charge in [-0.2, -0.15) is 18.3 Å². The van der Waals surface area contributed by atoms with Gasteiger partial charge in [0.1, 0.15) is 5.75 Å². The third-order valence-electron chi connectivity index (χ3n) is 4.43. The molecule has 1 N–H and O–H groups in total. The number of aromatic nitrogens is 1. The Bertz CT molecular complexity index is 1310. The van der Waals surface area contributed by atoms with Gasteiger partial charge in [-0.3, -0.25) is 30.4 Å². The van der Waals surface area contributed by atoms with Gasteiger partial charge in [0.05, 0.1) is 40.3 Å². The van der Waals surface area contributed by atoms with Crippen molar-refractivity contribution in [2.45, 2.75) is 19.5 Å². The van der Waals surface area contributed by atoms with Crippen molar-refractivity contribution in [3.8, 4) is 11.5 Å². The van der Waals surface area contributed by atoms with E-state index in [4.69, 9.17) is 9.47 Å². The van der Waals surface area contributed by atoms with Gasteiger partial charge in [0, 0.05) is 17.5 Å². The molecule has 0 aliphatic rings. The third kappa shape index (κ3) is 7.20. The summed E-state index contributed by atoms with van der Waals surface area (Å²) in [6.45, 7) is 1.96. The van der Waals surface area contributed by atoms with E-state index in [0.29, 0.717) is 16.4 Å². The van der Waals surface area contributed by atoms with Gasteiger partial charge in [-0.25, -0.2) is 4.98 Å². The summed E-state index contributed by atoms with van der Waals surface area (Å²) in [7, 11) is 0. The third-order valence-corrected chi connectivity index (χ3v) is 5.22. The number of carbonyl (C=O) groups is 1. The van der Waals surface area contributed by atoms with Gasteiger partial charge < -0.3 is 9.47 Å². The number of rotatable bonds is 10. The number of alkyl halides is 3. The number of hydrazone groups is 1. The molecule has 0 aliphatic heterocycles. The first-order valence-electron chi connectivity index (χ1n) is 10.2. The largest absolute Gasteiger partial charge is 0.466 e. The lowest BCUT2D eigenvalue weighted by Crippen LogP contribution is -2.08. The summed E-state index contributed by atoms with van der Waals surface area (Å²) < 4.78 is 49.2. The summed E-state index contributed by atoms with van der Waals surface area (Å²) in [6, 6.07) is 5.85. The molecular weight excluding hydrogens is 523 g/mol. The van der Waals surface area contributed by atoms with Gasteiger partial charge >= 0.3 is 23.5 Å². The minimum Gasteiger partial charge on any atom is -0.466 e. The molecule has 1 heterocycles. The molecule has 0 spiro atoms. The molecule has 0 bridgehead atoms. The minimum atomic E-state index is -5.04. The molecule has 0 unspecified atom stereocenters. The predicted molar refractivity (Wildman–Crippen MR) is 125 cm³/mol. The maximum Gasteiger partial charge on any atom is 0.416 e. The molecule has 2 aromatic carbocycles. The summed E-state index contributed by atoms with van der Waals surface area (Å²) in [5.74, 6) is -1.44. The Morgan fingerprint density at radius 2 is 1.78 bits per heavy atom. The highest BCUT2D eigenvalue weighted by Crippen LogP contribution is 2.44. The van der Waals surface area contributed by atoms with Gasteiger partial charge in [-0.15, -0.1) is 11.3 Å². The molecular formula is C21H16F3N5O7S. The number of nitrogens with zero attached hydrogens (tertiary/aromatic N) is 4. The number of anilines is 1. The summed E-state index contributed by atoms with van der Waals surface area (Å²) in [6.07, 6.45) is -3.63. The van der Waals surface area contributed by atoms with Crippen LogP contribution in [0.25, 0.3) is 0 Å². The number of halogens is 3. The van der Waals surface area contributed by atoms with Crippen molar-refractivity contribution >= 4 is 40.0 Å². The standard InChI is InChI=1S/C21H16F3N5O7S/c1-2-35-18(30)9-14-11-37-20(26-14)27-25-10-12-3-5-15(6-4-12)36-19-16(28(31)32)7-13(21(22,23)24)8-17(19)29(33)34/h3-8,10-11H,2,9H2,1H3,(H,26,27). The smallest absolute Gasteiger partial charge is 0.416 e. The second-order valence-corrected chi connectivity index (χ2v) is 7.88. The average molecular weight is 539 g/mol. The molecule has 0 aliphatic carbocycles. The van der Waals surface area contributed by atoms with Crippen LogP contribution < -0.4 is 10.2 Å². The number of ether oxygens (including phenoxy) is 2. The van der Waals surface area contributed by atoms with Gasteiger partial charge in [0.2, 0.25) is 5.13 Å². The average Bonchev–Trinajstić information content (AvgIpc) is 3.26. The molecule has 0 amide bonds. The van der Waals surface area contributed by atoms with Crippen LogP contribution in [-0.4, -0.2) is 33.6 Å². The van der Waals surface area contributed by atoms with Crippen molar-refractivity contribution < 1.29 is 37.3 Å². The van der Waals surface area contributed by atoms with Crippen LogP contribution in [0.4, 0.5) is 29.7 Å². The molecule has 0 radical (unpaired) electrons. The van der Waals surface area contributed by atoms with Gasteiger partial charge in [-0.1, -0.05) is 0 Å². The summed E-state index contributed by atoms with van der Waals surface area (Å²) in [4.78, 5) is 35.9. The molecule has 0 fully saturated rings. The molecule has 0 atom stereocenters. The molecule has 16 heteroatoms. The van der Waals surface area contributed by atoms with E-state index in [2.05, 4.69) is 15.5 Å². The summed E-state index contributed by atoms with van der Waals surface area (Å²) >= 11 is 1.21. The Morgan fingerprint density at radius 3 is 2.32 bits per heavy atom. The molecule has 12 nitrogen and oxygen atoms in total. The fraction of sp³-hybridized carbons (Fsp3) is 0.190. The SMILES string of the molecule is CCOC(=O)Cc1csc(NN=Cc2ccc(Oc3c([N+](=O)[O-])cc(C(F)(F)F)cc3[N+](=O)[O-])cc2)n1. The van der Waals surface area contributed by atoms with Gasteiger partial charge in [0.25, 0.3) is 5.75 Å². The zero-order chi connectivity index (χ0) is 27.2. The van der Waals surface area contributed by atoms with Crippen LogP contribution in [0.15, 0.2) is 46.9 Å². The van der Waals surface area contributed by atoms with Gasteiger partial charge in [-0.05, 0) is 36.8 Å². The van der Waals surface area contributed by atoms with E-state index < -0.39 is 44.7 Å². The van der Waals surface area contributed by atoms with E-state index in [9.17, 15) is 38.2 Å². The topological polar surface area (TPSA) is 159 Å². The number of nitro groups is 2. The van der Waals surface area contributed by atoms with E-state index >= 15 is 0 Å². The fourth-order valence-corrected chi connectivity index (χ4v) is 3.50. The fourth-order valence-electron chi connectivity index (χ4n) is 2.84. The molecule has 1 aromatic heterocycles. The Balaban J connectivity index is 1.73. The zero-order valence-electron chi connectivity index (χ0n) is 18.7. The van der Waals surface area contributed by atoms with E-state index in [1.165, 1.54) is 41.8 Å². The van der Waals surface area contributed by atoms with Crippen molar-refractivity contribution in [1.29, 1.82) is 0 Å². The number of hydrogen-bond acceptors (Lipinski definition) is 11. The van der Waals surface area contributed by atoms with Crippen LogP contribution in [-0.2, 0) is 22.1 Å². The highest BCUT2D eigenvalue weighted by atomic mass is 32.1. The monoisotopic (exact) mass is 539 g/mol. The second-order valence-electron chi connectivity index (χ2n) is 7.02. The number of thiazole rings is 1. The van der Waals surface area contributed by atoms with Crippen LogP contribution in [0.1, 0.15) is 23.7 Å². The number of hydrogen-bond donors (Lipinski definition) is 1. The summed E-state index contributed by atoms with van der Waals surface area (Å²) in [5.41, 5.74) is -0.259. The lowest BCUT2D eigenvalue weighted by molar-refractivity contribution is -0.396. The quantitative estimate of drug-likeness (QED) is 0.156. The second kappa shape index (κ2) is 11.4. The van der Waals surface area contributed by atoms with Crippen molar-refractivity contribution in [3.05, 3.63) is 78.8 Å². The van der Waals surface area contributed by atoms with Crippen molar-refractivity contribution in [2.75, 3.05) is 12.0 Å². The molecule has 37 heavy (non-hydrogen) atoms. The Morgan fingerprint density at radius 1 is 1.16 bits per heavy atom. The Kier molecular flexibility index (Phi) is 8.33. The van der Waals surface area contributed by atoms with Gasteiger partial charge in [0.15, 0.2) is 0 Å². The maximum absolute atomic E-state index is 13.0. The van der Waals surface area contributed by atoms with E-state index in [1.807, 2.05) is 0 Å². The van der Waals surface area contributed by atoms with Crippen LogP contribution >= 0.6 is 11.3 Å². The van der Waals surface area contributed by atoms with Crippen molar-refractivity contribution in [1.82, 2.24) is 4.98 Å². The molecule has 0 saturated carbocycles. The number of carbonyl (C=O) groups excluding carboxylic acids is 1. The number of esters is 1. The normalized spacial score (nSPS) is 11.4. The molecule has 3 rings (SSSR count). The molecule has 0 saturated heterocycles. The van der Waals surface area contributed by atoms with Crippen LogP contribution in [0.2, 0.25) is 0 Å². The van der Waals surface area contributed by atoms with E-state index in [0.717, 1.165) is 0 Å². The summed E-state index contributed by atoms with van der Waals surface area (Å²) in [5, 5.41) is 28.7. The highest BCUT2D eigenvalue weighted by molar-refractivity contribution is 7.13. The van der Waals surface area contributed by atoms with Crippen LogP contribution in [0.5, 0.6) is 11.5 Å². The van der Waals surface area contributed by atoms with Crippen molar-refractivity contribution in [3.63, 3.8) is 0 Å². The first kappa shape index (κ1) is 27.0.